The molecule has 0 unspecified atom stereocenters. The Balaban J connectivity index is 0.000000241. The number of rotatable bonds is 0. The summed E-state index contributed by atoms with van der Waals surface area (Å²) < 4.78 is 3.90. The van der Waals surface area contributed by atoms with Crippen molar-refractivity contribution in [2.24, 2.45) is 0 Å². The molecule has 0 aliphatic carbocycles. The molecule has 0 fully saturated rings. The zero-order chi connectivity index (χ0) is 10.8. The molecule has 1 aromatic carbocycles. The van der Waals surface area contributed by atoms with E-state index < -0.39 is 15.9 Å². The van der Waals surface area contributed by atoms with Crippen LogP contribution in [0.1, 0.15) is 5.56 Å². The summed E-state index contributed by atoms with van der Waals surface area (Å²) in [6.07, 6.45) is 0. The molecule has 0 aliphatic heterocycles. The third-order valence-electron chi connectivity index (χ3n) is 1.09. The van der Waals surface area contributed by atoms with Gasteiger partial charge < -0.3 is 0 Å². The molecule has 0 spiro atoms. The van der Waals surface area contributed by atoms with Gasteiger partial charge in [0.25, 0.3) is 0 Å². The van der Waals surface area contributed by atoms with Crippen LogP contribution in [0.2, 0.25) is 0 Å². The van der Waals surface area contributed by atoms with Gasteiger partial charge >= 0.3 is 43.1 Å². The van der Waals surface area contributed by atoms with Crippen molar-refractivity contribution in [3.05, 3.63) is 42.8 Å². The maximum atomic E-state index is 9.40. The molecule has 0 radical (unpaired) electrons. The van der Waals surface area contributed by atoms with Crippen molar-refractivity contribution < 1.29 is 30.3 Å². The van der Waals surface area contributed by atoms with Crippen LogP contribution in [0.5, 0.6) is 0 Å². The van der Waals surface area contributed by atoms with E-state index in [1.807, 2.05) is 30.3 Å². The summed E-state index contributed by atoms with van der Waals surface area (Å²) in [5, 5.41) is 0. The van der Waals surface area contributed by atoms with E-state index in [-0.39, 0.29) is 0 Å². The van der Waals surface area contributed by atoms with Crippen molar-refractivity contribution in [2.45, 2.75) is 0 Å². The van der Waals surface area contributed by atoms with Crippen LogP contribution in [0.3, 0.4) is 0 Å². The number of carbonyl (C=O) groups excluding carboxylic acids is 3. The van der Waals surface area contributed by atoms with E-state index in [0.29, 0.717) is 0 Å². The minimum atomic E-state index is -3.05. The third kappa shape index (κ3) is 6.08. The zero-order valence-corrected chi connectivity index (χ0v) is 10.2. The maximum absolute atomic E-state index is 9.40. The summed E-state index contributed by atoms with van der Waals surface area (Å²) in [6, 6.07) is 9.87. The van der Waals surface area contributed by atoms with Crippen molar-refractivity contribution >= 4 is 12.8 Å². The fourth-order valence-electron chi connectivity index (χ4n) is 0.529. The summed E-state index contributed by atoms with van der Waals surface area (Å²) in [5.41, 5.74) is 1.07. The summed E-state index contributed by atoms with van der Waals surface area (Å²) in [4.78, 5) is 28.2. The van der Waals surface area contributed by atoms with E-state index >= 15 is 0 Å². The first kappa shape index (κ1) is 12.5. The van der Waals surface area contributed by atoms with Crippen molar-refractivity contribution in [1.82, 2.24) is 0 Å². The van der Waals surface area contributed by atoms with Gasteiger partial charge in [0.2, 0.25) is 0 Å². The fraction of sp³-hybridized carbons (Fsp3) is 0. The van der Waals surface area contributed by atoms with E-state index in [1.54, 1.807) is 0 Å². The molecule has 0 amide bonds. The Labute approximate surface area is 86.1 Å². The first-order chi connectivity index (χ1) is 6.74. The quantitative estimate of drug-likeness (QED) is 0.641. The van der Waals surface area contributed by atoms with Crippen LogP contribution in [0, 0.1) is 6.92 Å². The Morgan fingerprint density at radius 2 is 1.36 bits per heavy atom. The largest absolute Gasteiger partial charge is 0.199 e. The van der Waals surface area contributed by atoms with Gasteiger partial charge in [0.1, 0.15) is 0 Å². The average molecular weight is 359 g/mol. The molecule has 0 saturated heterocycles. The van der Waals surface area contributed by atoms with Gasteiger partial charge in [-0.1, -0.05) is 6.07 Å². The van der Waals surface area contributed by atoms with Crippen LogP contribution in [-0.4, -0.2) is 12.8 Å². The maximum Gasteiger partial charge on any atom is -0.0866 e. The molecule has 0 bridgehead atoms. The Hall–Kier alpha value is -1.48. The van der Waals surface area contributed by atoms with Crippen molar-refractivity contribution in [3.63, 3.8) is 0 Å². The van der Waals surface area contributed by atoms with Crippen molar-refractivity contribution in [3.8, 4) is 0 Å². The minimum absolute atomic E-state index is 1.07. The molecule has 0 aromatic heterocycles. The fourth-order valence-corrected chi connectivity index (χ4v) is 0.896. The van der Waals surface area contributed by atoms with Gasteiger partial charge in [0.05, 0.1) is 0 Å². The normalized spacial score (nSPS) is 6.86. The topological polar surface area (TPSA) is 51.2 Å². The van der Waals surface area contributed by atoms with Gasteiger partial charge in [-0.25, -0.2) is 0 Å². The number of benzene rings is 1. The number of hydrogen-bond donors (Lipinski definition) is 0. The van der Waals surface area contributed by atoms with E-state index in [2.05, 4.69) is 6.92 Å². The van der Waals surface area contributed by atoms with Crippen LogP contribution in [0.25, 0.3) is 0 Å². The molecule has 0 heterocycles. The molecule has 72 valence electrons. The number of hydrogen-bond acceptors (Lipinski definition) is 3. The predicted octanol–water partition coefficient (Wildman–Crippen LogP) is 0.675. The van der Waals surface area contributed by atoms with Crippen LogP contribution in [0.15, 0.2) is 30.3 Å². The standard InChI is InChI=1S/C7H7.3CO.W/c1-7-5-3-2-4-6-7;3*1-2;/h2-6H,1H2;;;;/q-1;;;;. The molecule has 3 nitrogen and oxygen atoms in total. The third-order valence-corrected chi connectivity index (χ3v) is 2.89. The van der Waals surface area contributed by atoms with E-state index in [9.17, 15) is 14.4 Å². The van der Waals surface area contributed by atoms with E-state index in [4.69, 9.17) is 0 Å². The second-order valence-corrected chi connectivity index (χ2v) is 6.04. The van der Waals surface area contributed by atoms with Gasteiger partial charge in [-0.3, -0.25) is 0 Å². The molecular weight excluding hydrogens is 352 g/mol. The Morgan fingerprint density at radius 1 is 0.929 bits per heavy atom. The zero-order valence-electron chi connectivity index (χ0n) is 7.23. The van der Waals surface area contributed by atoms with Gasteiger partial charge in [0, 0.05) is 0 Å². The SMILES string of the molecule is O=[C]=[W](=[C]=O)=[C]=O.[CH2-]c1ccccc1. The smallest absolute Gasteiger partial charge is 0.0866 e. The molecule has 1 rings (SSSR count). The molecule has 14 heavy (non-hydrogen) atoms. The second kappa shape index (κ2) is 8.13. The van der Waals surface area contributed by atoms with Crippen molar-refractivity contribution in [2.75, 3.05) is 0 Å². The Bertz CT molecular complexity index is 438. The molecule has 0 aliphatic rings. The Morgan fingerprint density at radius 3 is 1.50 bits per heavy atom. The molecule has 0 saturated carbocycles. The van der Waals surface area contributed by atoms with Crippen molar-refractivity contribution in [1.29, 1.82) is 0 Å². The first-order valence-electron chi connectivity index (χ1n) is 3.49. The molecule has 0 N–H and O–H groups in total. The Kier molecular flexibility index (Phi) is 7.27. The van der Waals surface area contributed by atoms with Crippen LogP contribution >= 0.6 is 0 Å². The van der Waals surface area contributed by atoms with Gasteiger partial charge in [-0.05, 0) is 0 Å². The molecule has 1 aromatic rings. The summed E-state index contributed by atoms with van der Waals surface area (Å²) >= 11 is -3.05. The van der Waals surface area contributed by atoms with E-state index in [0.717, 1.165) is 5.56 Å². The molecule has 4 heteroatoms. The van der Waals surface area contributed by atoms with Gasteiger partial charge in [-0.15, -0.1) is 12.1 Å². The summed E-state index contributed by atoms with van der Waals surface area (Å²) in [5.74, 6) is 0. The van der Waals surface area contributed by atoms with Crippen LogP contribution in [0.4, 0.5) is 0 Å². The van der Waals surface area contributed by atoms with E-state index in [1.165, 1.54) is 12.8 Å². The van der Waals surface area contributed by atoms with Gasteiger partial charge in [-0.2, -0.15) is 24.6 Å². The van der Waals surface area contributed by atoms with Crippen LogP contribution < -0.4 is 0 Å². The molecule has 0 atom stereocenters. The summed E-state index contributed by atoms with van der Waals surface area (Å²) in [6.45, 7) is 3.72. The monoisotopic (exact) mass is 359 g/mol. The molecular formula is C10H7O3W-. The minimum Gasteiger partial charge on any atom is -0.199 e. The summed E-state index contributed by atoms with van der Waals surface area (Å²) in [7, 11) is 0. The predicted molar refractivity (Wildman–Crippen MR) is 48.0 cm³/mol. The first-order valence-corrected chi connectivity index (χ1v) is 7.89. The average Bonchev–Trinajstić information content (AvgIpc) is 2.22. The van der Waals surface area contributed by atoms with Crippen LogP contribution in [-0.2, 0) is 30.3 Å². The van der Waals surface area contributed by atoms with Gasteiger partial charge in [0.15, 0.2) is 0 Å². The second-order valence-electron chi connectivity index (χ2n) is 2.04.